The van der Waals surface area contributed by atoms with Crippen LogP contribution in [0.3, 0.4) is 0 Å². The average Bonchev–Trinajstić information content (AvgIpc) is 4.03. The summed E-state index contributed by atoms with van der Waals surface area (Å²) in [5.74, 6) is 0. The number of para-hydroxylation sites is 1. The molecule has 69 heavy (non-hydrogen) atoms. The Morgan fingerprint density at radius 2 is 0.841 bits per heavy atom. The highest BCUT2D eigenvalue weighted by Gasteiger charge is 2.51. The van der Waals surface area contributed by atoms with E-state index in [1.165, 1.54) is 105 Å². The third kappa shape index (κ3) is 6.05. The molecule has 1 heterocycles. The molecule has 0 saturated carbocycles. The first-order chi connectivity index (χ1) is 34.2. The van der Waals surface area contributed by atoms with Crippen LogP contribution in [0.2, 0.25) is 0 Å². The lowest BCUT2D eigenvalue weighted by molar-refractivity contribution is 0.793. The first-order valence-corrected chi connectivity index (χ1v) is 24.2. The van der Waals surface area contributed by atoms with Crippen molar-refractivity contribution in [1.82, 2.24) is 4.57 Å². The number of hydrogen-bond acceptors (Lipinski definition) is 1. The van der Waals surface area contributed by atoms with E-state index in [0.29, 0.717) is 0 Å². The molecule has 1 spiro atoms. The Labute approximate surface area is 403 Å². The van der Waals surface area contributed by atoms with Crippen LogP contribution >= 0.6 is 0 Å². The van der Waals surface area contributed by atoms with Crippen molar-refractivity contribution >= 4 is 44.6 Å². The summed E-state index contributed by atoms with van der Waals surface area (Å²) in [4.78, 5) is 2.43. The van der Waals surface area contributed by atoms with E-state index in [9.17, 15) is 0 Å². The van der Waals surface area contributed by atoms with Gasteiger partial charge in [0, 0.05) is 33.5 Å². The second-order valence-electron chi connectivity index (χ2n) is 18.7. The highest BCUT2D eigenvalue weighted by molar-refractivity contribution is 6.11. The van der Waals surface area contributed by atoms with Crippen LogP contribution in [0.1, 0.15) is 35.1 Å². The molecule has 3 aliphatic carbocycles. The molecule has 1 aromatic heterocycles. The Morgan fingerprint density at radius 3 is 1.49 bits per heavy atom. The number of aromatic nitrogens is 1. The third-order valence-electron chi connectivity index (χ3n) is 15.1. The zero-order chi connectivity index (χ0) is 45.5. The summed E-state index contributed by atoms with van der Waals surface area (Å²) in [5, 5.41) is 2.57. The molecule has 0 aliphatic heterocycles. The minimum Gasteiger partial charge on any atom is -0.313 e. The van der Waals surface area contributed by atoms with Gasteiger partial charge in [0.2, 0.25) is 0 Å². The summed E-state index contributed by atoms with van der Waals surface area (Å²) in [6.45, 7) is 0. The molecule has 0 saturated heterocycles. The van der Waals surface area contributed by atoms with Crippen molar-refractivity contribution in [2.45, 2.75) is 18.3 Å². The fourth-order valence-electron chi connectivity index (χ4n) is 12.0. The Hall–Kier alpha value is -8.72. The minimum atomic E-state index is -0.432. The lowest BCUT2D eigenvalue weighted by Crippen LogP contribution is -2.26. The molecule has 324 valence electrons. The maximum Gasteiger partial charge on any atom is 0.0726 e. The summed E-state index contributed by atoms with van der Waals surface area (Å²) in [6.07, 6.45) is 8.84. The molecule has 2 nitrogen and oxygen atoms in total. The number of nitrogens with zero attached hydrogens (tertiary/aromatic N) is 2. The lowest BCUT2D eigenvalue weighted by atomic mass is 9.70. The van der Waals surface area contributed by atoms with Crippen molar-refractivity contribution in [2.75, 3.05) is 4.90 Å². The molecule has 0 N–H and O–H groups in total. The number of hydrogen-bond donors (Lipinski definition) is 0. The topological polar surface area (TPSA) is 8.17 Å². The molecule has 3 aliphatic rings. The standard InChI is InChI=1S/C67H46N2/c1-3-16-45(17-4-1)46-30-35-52(36-31-46)68(54-39-40-58-57-24-9-13-28-63(57)67(64(58)44-54)61-26-11-7-22-55(61)56-23-8-12-27-62(56)67)53-37-32-47(33-38-53)48-18-15-19-49(42-48)50-34-41-66-60(43-50)59-25-10-14-29-65(59)69(66)51-20-5-2-6-21-51/h1-5,7-20,22-44H,6,21H2. The lowest BCUT2D eigenvalue weighted by Gasteiger charge is -2.32. The molecule has 0 atom stereocenters. The molecule has 0 radical (unpaired) electrons. The third-order valence-corrected chi connectivity index (χ3v) is 15.1. The van der Waals surface area contributed by atoms with Gasteiger partial charge in [-0.15, -0.1) is 0 Å². The molecule has 10 aromatic carbocycles. The largest absolute Gasteiger partial charge is 0.313 e. The van der Waals surface area contributed by atoms with Crippen LogP contribution in [0.4, 0.5) is 17.1 Å². The molecule has 2 heteroatoms. The second-order valence-corrected chi connectivity index (χ2v) is 18.7. The predicted molar refractivity (Wildman–Crippen MR) is 289 cm³/mol. The van der Waals surface area contributed by atoms with Crippen molar-refractivity contribution in [1.29, 1.82) is 0 Å². The molecular weight excluding hydrogens is 833 g/mol. The molecule has 0 amide bonds. The first-order valence-electron chi connectivity index (χ1n) is 24.2. The van der Waals surface area contributed by atoms with E-state index in [-0.39, 0.29) is 0 Å². The van der Waals surface area contributed by atoms with Gasteiger partial charge >= 0.3 is 0 Å². The van der Waals surface area contributed by atoms with Crippen molar-refractivity contribution in [3.8, 4) is 55.6 Å². The van der Waals surface area contributed by atoms with E-state index in [2.05, 4.69) is 264 Å². The van der Waals surface area contributed by atoms with Crippen LogP contribution in [0, 0.1) is 0 Å². The van der Waals surface area contributed by atoms with E-state index in [1.807, 2.05) is 0 Å². The van der Waals surface area contributed by atoms with Crippen LogP contribution in [0.5, 0.6) is 0 Å². The molecule has 0 unspecified atom stereocenters. The average molecular weight is 879 g/mol. The van der Waals surface area contributed by atoms with Gasteiger partial charge in [0.25, 0.3) is 0 Å². The quantitative estimate of drug-likeness (QED) is 0.155. The number of allylic oxidation sites excluding steroid dienone is 4. The van der Waals surface area contributed by atoms with Crippen molar-refractivity contribution in [3.63, 3.8) is 0 Å². The van der Waals surface area contributed by atoms with Crippen LogP contribution in [-0.2, 0) is 5.41 Å². The Morgan fingerprint density at radius 1 is 0.348 bits per heavy atom. The van der Waals surface area contributed by atoms with E-state index < -0.39 is 5.41 Å². The Kier molecular flexibility index (Phi) is 8.97. The first kappa shape index (κ1) is 39.4. The highest BCUT2D eigenvalue weighted by atomic mass is 15.1. The molecule has 14 rings (SSSR count). The van der Waals surface area contributed by atoms with Crippen LogP contribution in [-0.4, -0.2) is 4.57 Å². The summed E-state index contributed by atoms with van der Waals surface area (Å²) < 4.78 is 2.46. The zero-order valence-electron chi connectivity index (χ0n) is 38.1. The number of fused-ring (bicyclic) bond motifs is 13. The number of benzene rings is 10. The van der Waals surface area contributed by atoms with Gasteiger partial charge in [-0.05, 0) is 157 Å². The van der Waals surface area contributed by atoms with E-state index >= 15 is 0 Å². The predicted octanol–water partition coefficient (Wildman–Crippen LogP) is 17.8. The number of rotatable bonds is 7. The smallest absolute Gasteiger partial charge is 0.0726 e. The van der Waals surface area contributed by atoms with Gasteiger partial charge in [-0.2, -0.15) is 0 Å². The van der Waals surface area contributed by atoms with Gasteiger partial charge in [-0.3, -0.25) is 0 Å². The van der Waals surface area contributed by atoms with Gasteiger partial charge in [-0.25, -0.2) is 0 Å². The van der Waals surface area contributed by atoms with Gasteiger partial charge in [-0.1, -0.05) is 188 Å². The molecular formula is C67H46N2. The normalized spacial score (nSPS) is 13.8. The summed E-state index contributed by atoms with van der Waals surface area (Å²) in [5.41, 5.74) is 24.6. The van der Waals surface area contributed by atoms with Crippen molar-refractivity contribution in [2.24, 2.45) is 0 Å². The SMILES string of the molecule is C1=CCCC(n2c3ccccc3c3cc(-c4cccc(-c5ccc(N(c6ccc(-c7ccccc7)cc6)c6ccc7c(c6)C6(c8ccccc8-c8ccccc86)c6ccccc6-7)cc5)c4)ccc32)=C1. The van der Waals surface area contributed by atoms with Gasteiger partial charge in [0.05, 0.1) is 16.4 Å². The van der Waals surface area contributed by atoms with Crippen molar-refractivity contribution in [3.05, 3.63) is 277 Å². The van der Waals surface area contributed by atoms with Gasteiger partial charge in [0.1, 0.15) is 0 Å². The number of anilines is 3. The van der Waals surface area contributed by atoms with E-state index in [1.54, 1.807) is 0 Å². The maximum absolute atomic E-state index is 2.48. The fraction of sp³-hybridized carbons (Fsp3) is 0.0448. The fourth-order valence-corrected chi connectivity index (χ4v) is 12.0. The van der Waals surface area contributed by atoms with E-state index in [0.717, 1.165) is 29.9 Å². The molecule has 0 fully saturated rings. The highest BCUT2D eigenvalue weighted by Crippen LogP contribution is 2.63. The maximum atomic E-state index is 2.48. The summed E-state index contributed by atoms with van der Waals surface area (Å²) >= 11 is 0. The van der Waals surface area contributed by atoms with Crippen molar-refractivity contribution < 1.29 is 0 Å². The summed E-state index contributed by atoms with van der Waals surface area (Å²) in [6, 6.07) is 88.1. The Balaban J connectivity index is 0.878. The van der Waals surface area contributed by atoms with Crippen LogP contribution in [0.25, 0.3) is 83.1 Å². The monoisotopic (exact) mass is 878 g/mol. The summed E-state index contributed by atoms with van der Waals surface area (Å²) in [7, 11) is 0. The van der Waals surface area contributed by atoms with E-state index in [4.69, 9.17) is 0 Å². The molecule has 11 aromatic rings. The van der Waals surface area contributed by atoms with Crippen LogP contribution < -0.4 is 4.90 Å². The second kappa shape index (κ2) is 15.7. The molecule has 0 bridgehead atoms. The van der Waals surface area contributed by atoms with Gasteiger partial charge < -0.3 is 9.47 Å². The van der Waals surface area contributed by atoms with Crippen LogP contribution in [0.15, 0.2) is 255 Å². The van der Waals surface area contributed by atoms with Gasteiger partial charge in [0.15, 0.2) is 0 Å². The minimum absolute atomic E-state index is 0.432. The Bertz CT molecular complexity index is 3820. The zero-order valence-corrected chi connectivity index (χ0v) is 38.1.